The van der Waals surface area contributed by atoms with E-state index >= 15 is 0 Å². The Balaban J connectivity index is 2.77. The maximum absolute atomic E-state index is 11.8. The lowest BCUT2D eigenvalue weighted by Crippen LogP contribution is -2.30. The van der Waals surface area contributed by atoms with Crippen LogP contribution in [-0.4, -0.2) is 34.7 Å². The molecule has 0 aliphatic heterocycles. The zero-order chi connectivity index (χ0) is 13.0. The quantitative estimate of drug-likeness (QED) is 0.789. The van der Waals surface area contributed by atoms with E-state index in [0.29, 0.717) is 5.92 Å². The van der Waals surface area contributed by atoms with Crippen LogP contribution < -0.4 is 0 Å². The van der Waals surface area contributed by atoms with Crippen LogP contribution in [0.4, 0.5) is 0 Å². The molecule has 0 aromatic carbocycles. The minimum Gasteiger partial charge on any atom is -0.347 e. The fourth-order valence-corrected chi connectivity index (χ4v) is 1.91. The zero-order valence-corrected chi connectivity index (χ0v) is 11.5. The van der Waals surface area contributed by atoms with Gasteiger partial charge in [-0.15, -0.1) is 0 Å². The predicted molar refractivity (Wildman–Crippen MR) is 69.0 cm³/mol. The first-order valence-electron chi connectivity index (χ1n) is 6.22. The largest absolute Gasteiger partial charge is 0.347 e. The minimum absolute atomic E-state index is 0.0720. The third kappa shape index (κ3) is 3.32. The van der Waals surface area contributed by atoms with Gasteiger partial charge in [-0.25, -0.2) is 0 Å². The van der Waals surface area contributed by atoms with Gasteiger partial charge in [-0.05, 0) is 24.8 Å². The average Bonchev–Trinajstić information content (AvgIpc) is 2.76. The summed E-state index contributed by atoms with van der Waals surface area (Å²) in [5.74, 6) is 0.582. The summed E-state index contributed by atoms with van der Waals surface area (Å²) in [7, 11) is 3.53. The van der Waals surface area contributed by atoms with Crippen molar-refractivity contribution >= 4 is 5.91 Å². The molecule has 4 nitrogen and oxygen atoms in total. The normalized spacial score (nSPS) is 14.4. The molecule has 0 spiro atoms. The third-order valence-corrected chi connectivity index (χ3v) is 3.11. The van der Waals surface area contributed by atoms with Gasteiger partial charge in [-0.3, -0.25) is 9.48 Å². The molecule has 0 aliphatic carbocycles. The summed E-state index contributed by atoms with van der Waals surface area (Å²) >= 11 is 0. The van der Waals surface area contributed by atoms with Crippen LogP contribution in [0.2, 0.25) is 0 Å². The highest BCUT2D eigenvalue weighted by Crippen LogP contribution is 2.21. The molecule has 0 aliphatic rings. The highest BCUT2D eigenvalue weighted by atomic mass is 16.2. The van der Waals surface area contributed by atoms with Crippen molar-refractivity contribution in [2.24, 2.45) is 0 Å². The van der Waals surface area contributed by atoms with E-state index in [4.69, 9.17) is 0 Å². The Morgan fingerprint density at radius 3 is 2.65 bits per heavy atom. The summed E-state index contributed by atoms with van der Waals surface area (Å²) < 4.78 is 1.75. The second-order valence-corrected chi connectivity index (χ2v) is 4.85. The van der Waals surface area contributed by atoms with Gasteiger partial charge < -0.3 is 4.90 Å². The van der Waals surface area contributed by atoms with Crippen LogP contribution >= 0.6 is 0 Å². The van der Waals surface area contributed by atoms with Gasteiger partial charge >= 0.3 is 0 Å². The number of carbonyl (C=O) groups is 1. The first-order chi connectivity index (χ1) is 7.97. The van der Waals surface area contributed by atoms with Crippen LogP contribution in [0.15, 0.2) is 12.4 Å². The van der Waals surface area contributed by atoms with Crippen molar-refractivity contribution < 1.29 is 4.79 Å². The Kier molecular flexibility index (Phi) is 4.73. The van der Waals surface area contributed by atoms with Crippen molar-refractivity contribution in [1.29, 1.82) is 0 Å². The first kappa shape index (κ1) is 13.7. The van der Waals surface area contributed by atoms with Crippen LogP contribution in [0, 0.1) is 0 Å². The van der Waals surface area contributed by atoms with E-state index in [2.05, 4.69) is 18.9 Å². The standard InChI is InChI=1S/C13H23N3O/c1-6-7-10(2)12-8-14-16(9-12)11(3)13(17)15(4)5/h8-11H,6-7H2,1-5H3. The summed E-state index contributed by atoms with van der Waals surface area (Å²) in [6.45, 7) is 6.26. The van der Waals surface area contributed by atoms with Crippen molar-refractivity contribution in [3.05, 3.63) is 18.0 Å². The number of likely N-dealkylation sites (N-methyl/N-ethyl adjacent to an activating group) is 1. The van der Waals surface area contributed by atoms with Crippen molar-refractivity contribution in [1.82, 2.24) is 14.7 Å². The summed E-state index contributed by atoms with van der Waals surface area (Å²) in [6.07, 6.45) is 6.19. The number of amides is 1. The molecule has 0 saturated heterocycles. The molecule has 0 saturated carbocycles. The average molecular weight is 237 g/mol. The third-order valence-electron chi connectivity index (χ3n) is 3.11. The Morgan fingerprint density at radius 1 is 1.47 bits per heavy atom. The monoisotopic (exact) mass is 237 g/mol. The molecule has 2 atom stereocenters. The SMILES string of the molecule is CCCC(C)c1cnn(C(C)C(=O)N(C)C)c1. The van der Waals surface area contributed by atoms with Crippen molar-refractivity contribution in [3.8, 4) is 0 Å². The van der Waals surface area contributed by atoms with Crippen LogP contribution in [0.5, 0.6) is 0 Å². The topological polar surface area (TPSA) is 38.1 Å². The molecule has 1 amide bonds. The molecule has 0 bridgehead atoms. The number of hydrogen-bond acceptors (Lipinski definition) is 2. The molecule has 17 heavy (non-hydrogen) atoms. The smallest absolute Gasteiger partial charge is 0.246 e. The van der Waals surface area contributed by atoms with Gasteiger partial charge in [-0.2, -0.15) is 5.10 Å². The lowest BCUT2D eigenvalue weighted by molar-refractivity contribution is -0.131. The molecule has 0 radical (unpaired) electrons. The fourth-order valence-electron chi connectivity index (χ4n) is 1.91. The molecular weight excluding hydrogens is 214 g/mol. The number of aromatic nitrogens is 2. The maximum Gasteiger partial charge on any atom is 0.246 e. The molecule has 4 heteroatoms. The molecule has 0 fully saturated rings. The Bertz CT molecular complexity index is 370. The zero-order valence-electron chi connectivity index (χ0n) is 11.5. The minimum atomic E-state index is -0.229. The van der Waals surface area contributed by atoms with E-state index in [-0.39, 0.29) is 11.9 Å². The Morgan fingerprint density at radius 2 is 2.12 bits per heavy atom. The first-order valence-corrected chi connectivity index (χ1v) is 6.22. The number of rotatable bonds is 5. The predicted octanol–water partition coefficient (Wildman–Crippen LogP) is 2.44. The van der Waals surface area contributed by atoms with Gasteiger partial charge in [-0.1, -0.05) is 20.3 Å². The lowest BCUT2D eigenvalue weighted by atomic mass is 10.0. The number of nitrogens with zero attached hydrogens (tertiary/aromatic N) is 3. The molecule has 1 rings (SSSR count). The van der Waals surface area contributed by atoms with Gasteiger partial charge in [0.1, 0.15) is 6.04 Å². The summed E-state index contributed by atoms with van der Waals surface area (Å²) in [5.41, 5.74) is 1.21. The van der Waals surface area contributed by atoms with E-state index in [1.54, 1.807) is 23.7 Å². The molecule has 0 N–H and O–H groups in total. The maximum atomic E-state index is 11.8. The Hall–Kier alpha value is -1.32. The summed E-state index contributed by atoms with van der Waals surface area (Å²) in [6, 6.07) is -0.229. The van der Waals surface area contributed by atoms with Gasteiger partial charge in [0, 0.05) is 20.3 Å². The van der Waals surface area contributed by atoms with Gasteiger partial charge in [0.05, 0.1) is 6.20 Å². The molecule has 2 unspecified atom stereocenters. The van der Waals surface area contributed by atoms with E-state index < -0.39 is 0 Å². The molecular formula is C13H23N3O. The second-order valence-electron chi connectivity index (χ2n) is 4.85. The van der Waals surface area contributed by atoms with Gasteiger partial charge in [0.15, 0.2) is 0 Å². The second kappa shape index (κ2) is 5.84. The van der Waals surface area contributed by atoms with E-state index in [1.807, 2.05) is 19.3 Å². The van der Waals surface area contributed by atoms with Gasteiger partial charge in [0.25, 0.3) is 0 Å². The Labute approximate surface area is 104 Å². The van der Waals surface area contributed by atoms with E-state index in [9.17, 15) is 4.79 Å². The highest BCUT2D eigenvalue weighted by molar-refractivity contribution is 5.79. The molecule has 1 aromatic heterocycles. The van der Waals surface area contributed by atoms with Crippen molar-refractivity contribution in [2.45, 2.75) is 45.6 Å². The summed E-state index contributed by atoms with van der Waals surface area (Å²) in [5, 5.41) is 4.29. The summed E-state index contributed by atoms with van der Waals surface area (Å²) in [4.78, 5) is 13.4. The van der Waals surface area contributed by atoms with Crippen LogP contribution in [0.3, 0.4) is 0 Å². The van der Waals surface area contributed by atoms with E-state index in [1.165, 1.54) is 12.0 Å². The number of carbonyl (C=O) groups excluding carboxylic acids is 1. The molecule has 1 heterocycles. The number of hydrogen-bond donors (Lipinski definition) is 0. The van der Waals surface area contributed by atoms with Crippen LogP contribution in [0.25, 0.3) is 0 Å². The van der Waals surface area contributed by atoms with Crippen molar-refractivity contribution in [2.75, 3.05) is 14.1 Å². The van der Waals surface area contributed by atoms with Crippen molar-refractivity contribution in [3.63, 3.8) is 0 Å². The molecule has 96 valence electrons. The fraction of sp³-hybridized carbons (Fsp3) is 0.692. The molecule has 1 aromatic rings. The van der Waals surface area contributed by atoms with Crippen LogP contribution in [0.1, 0.15) is 51.1 Å². The van der Waals surface area contributed by atoms with E-state index in [0.717, 1.165) is 6.42 Å². The highest BCUT2D eigenvalue weighted by Gasteiger charge is 2.18. The van der Waals surface area contributed by atoms with Gasteiger partial charge in [0.2, 0.25) is 5.91 Å². The lowest BCUT2D eigenvalue weighted by Gasteiger charge is -2.17. The van der Waals surface area contributed by atoms with Crippen LogP contribution in [-0.2, 0) is 4.79 Å².